The normalized spacial score (nSPS) is 18.1. The van der Waals surface area contributed by atoms with Gasteiger partial charge in [-0.3, -0.25) is 0 Å². The molecule has 0 bridgehead atoms. The largest absolute Gasteiger partial charge is 0.389 e. The molecule has 1 fully saturated rings. The number of benzene rings is 1. The lowest BCUT2D eigenvalue weighted by atomic mass is 9.95. The van der Waals surface area contributed by atoms with Crippen LogP contribution in [0.25, 0.3) is 0 Å². The maximum Gasteiger partial charge on any atom is 0.0897 e. The molecule has 1 saturated carbocycles. The second-order valence-electron chi connectivity index (χ2n) is 5.50. The van der Waals surface area contributed by atoms with Crippen LogP contribution >= 0.6 is 11.6 Å². The molecule has 2 N–H and O–H groups in total. The third kappa shape index (κ3) is 5.41. The molecule has 1 atom stereocenters. The van der Waals surface area contributed by atoms with E-state index in [-0.39, 0.29) is 0 Å². The van der Waals surface area contributed by atoms with Gasteiger partial charge in [-0.1, -0.05) is 49.1 Å². The zero-order valence-corrected chi connectivity index (χ0v) is 12.6. The van der Waals surface area contributed by atoms with Crippen molar-refractivity contribution in [3.63, 3.8) is 0 Å². The lowest BCUT2D eigenvalue weighted by Crippen LogP contribution is -2.38. The van der Waals surface area contributed by atoms with Gasteiger partial charge >= 0.3 is 0 Å². The smallest absolute Gasteiger partial charge is 0.0897 e. The van der Waals surface area contributed by atoms with Crippen LogP contribution < -0.4 is 5.32 Å². The molecule has 1 aliphatic rings. The van der Waals surface area contributed by atoms with Gasteiger partial charge in [0.25, 0.3) is 0 Å². The monoisotopic (exact) mass is 297 g/mol. The quantitative estimate of drug-likeness (QED) is 0.812. The van der Waals surface area contributed by atoms with Crippen LogP contribution in [0.15, 0.2) is 24.3 Å². The van der Waals surface area contributed by atoms with E-state index in [1.807, 2.05) is 24.3 Å². The van der Waals surface area contributed by atoms with Crippen LogP contribution in [0.2, 0.25) is 5.02 Å². The topological polar surface area (TPSA) is 41.5 Å². The van der Waals surface area contributed by atoms with Crippen LogP contribution in [0.1, 0.15) is 37.7 Å². The molecule has 0 radical (unpaired) electrons. The first-order chi connectivity index (χ1) is 9.75. The predicted molar refractivity (Wildman–Crippen MR) is 82.0 cm³/mol. The van der Waals surface area contributed by atoms with E-state index in [0.717, 1.165) is 5.56 Å². The molecule has 3 nitrogen and oxygen atoms in total. The van der Waals surface area contributed by atoms with E-state index in [1.54, 1.807) is 0 Å². The summed E-state index contributed by atoms with van der Waals surface area (Å²) in [4.78, 5) is 0. The van der Waals surface area contributed by atoms with Gasteiger partial charge in [-0.05, 0) is 24.5 Å². The fourth-order valence-corrected chi connectivity index (χ4v) is 2.78. The van der Waals surface area contributed by atoms with Crippen molar-refractivity contribution in [1.29, 1.82) is 0 Å². The first kappa shape index (κ1) is 15.8. The number of rotatable bonds is 7. The van der Waals surface area contributed by atoms with Gasteiger partial charge in [-0.25, -0.2) is 0 Å². The van der Waals surface area contributed by atoms with E-state index in [4.69, 9.17) is 16.3 Å². The highest BCUT2D eigenvalue weighted by atomic mass is 35.5. The van der Waals surface area contributed by atoms with Gasteiger partial charge in [0.1, 0.15) is 0 Å². The Morgan fingerprint density at radius 1 is 1.25 bits per heavy atom. The van der Waals surface area contributed by atoms with Gasteiger partial charge in [-0.2, -0.15) is 0 Å². The van der Waals surface area contributed by atoms with E-state index >= 15 is 0 Å². The Balaban J connectivity index is 1.60. The third-order valence-electron chi connectivity index (χ3n) is 3.77. The summed E-state index contributed by atoms with van der Waals surface area (Å²) < 4.78 is 5.53. The van der Waals surface area contributed by atoms with Gasteiger partial charge in [0.2, 0.25) is 0 Å². The van der Waals surface area contributed by atoms with E-state index in [1.165, 1.54) is 32.1 Å². The Morgan fingerprint density at radius 3 is 2.75 bits per heavy atom. The first-order valence-corrected chi connectivity index (χ1v) is 7.86. The molecular weight excluding hydrogens is 274 g/mol. The van der Waals surface area contributed by atoms with Crippen molar-refractivity contribution < 1.29 is 9.84 Å². The number of ether oxygens (including phenoxy) is 1. The average molecular weight is 298 g/mol. The lowest BCUT2D eigenvalue weighted by Gasteiger charge is -2.24. The van der Waals surface area contributed by atoms with Crippen molar-refractivity contribution >= 4 is 11.6 Å². The van der Waals surface area contributed by atoms with Gasteiger partial charge in [-0.15, -0.1) is 0 Å². The Bertz CT molecular complexity index is 394. The van der Waals surface area contributed by atoms with Crippen LogP contribution in [0, 0.1) is 0 Å². The molecule has 0 aromatic heterocycles. The highest BCUT2D eigenvalue weighted by Crippen LogP contribution is 2.17. The number of nitrogens with one attached hydrogen (secondary N) is 1. The summed E-state index contributed by atoms with van der Waals surface area (Å²) in [7, 11) is 0. The summed E-state index contributed by atoms with van der Waals surface area (Å²) in [6.07, 6.45) is 5.95. The average Bonchev–Trinajstić information content (AvgIpc) is 2.48. The minimum absolute atomic E-state index is 0.338. The zero-order chi connectivity index (χ0) is 14.2. The van der Waals surface area contributed by atoms with Crippen LogP contribution in [0.4, 0.5) is 0 Å². The molecular formula is C16H24ClNO2. The minimum Gasteiger partial charge on any atom is -0.389 e. The maximum atomic E-state index is 9.91. The van der Waals surface area contributed by atoms with E-state index in [9.17, 15) is 5.11 Å². The molecule has 0 amide bonds. The summed E-state index contributed by atoms with van der Waals surface area (Å²) in [5.74, 6) is 0. The molecule has 112 valence electrons. The number of halogens is 1. The highest BCUT2D eigenvalue weighted by Gasteiger charge is 2.14. The number of aliphatic hydroxyl groups excluding tert-OH is 1. The van der Waals surface area contributed by atoms with E-state index < -0.39 is 6.10 Å². The van der Waals surface area contributed by atoms with Crippen molar-refractivity contribution in [3.8, 4) is 0 Å². The van der Waals surface area contributed by atoms with Crippen LogP contribution in [0.5, 0.6) is 0 Å². The zero-order valence-electron chi connectivity index (χ0n) is 11.9. The summed E-state index contributed by atoms with van der Waals surface area (Å²) in [5.41, 5.74) is 0.960. The predicted octanol–water partition coefficient (Wildman–Crippen LogP) is 3.14. The minimum atomic E-state index is -0.459. The Kier molecular flexibility index (Phi) is 6.80. The van der Waals surface area contributed by atoms with Crippen molar-refractivity contribution in [2.45, 2.75) is 50.9 Å². The van der Waals surface area contributed by atoms with Gasteiger partial charge in [0.15, 0.2) is 0 Å². The number of hydrogen-bond acceptors (Lipinski definition) is 3. The first-order valence-electron chi connectivity index (χ1n) is 7.48. The van der Waals surface area contributed by atoms with Crippen molar-refractivity contribution in [2.24, 2.45) is 0 Å². The van der Waals surface area contributed by atoms with E-state index in [2.05, 4.69) is 5.32 Å². The standard InChI is InChI=1S/C16H24ClNO2/c17-16-9-5-4-6-13(16)11-20-12-15(19)10-18-14-7-2-1-3-8-14/h4-6,9,14-15,18-19H,1-3,7-8,10-12H2. The Labute approximate surface area is 126 Å². The molecule has 1 aromatic carbocycles. The summed E-state index contributed by atoms with van der Waals surface area (Å²) in [5, 5.41) is 14.0. The van der Waals surface area contributed by atoms with Gasteiger partial charge in [0, 0.05) is 17.6 Å². The maximum absolute atomic E-state index is 9.91. The number of hydrogen-bond donors (Lipinski definition) is 2. The molecule has 1 aliphatic carbocycles. The van der Waals surface area contributed by atoms with Crippen molar-refractivity contribution in [2.75, 3.05) is 13.2 Å². The fraction of sp³-hybridized carbons (Fsp3) is 0.625. The summed E-state index contributed by atoms with van der Waals surface area (Å²) in [6.45, 7) is 1.39. The second kappa shape index (κ2) is 8.63. The molecule has 4 heteroatoms. The fourth-order valence-electron chi connectivity index (χ4n) is 2.59. The molecule has 0 saturated heterocycles. The van der Waals surface area contributed by atoms with Crippen molar-refractivity contribution in [1.82, 2.24) is 5.32 Å². The van der Waals surface area contributed by atoms with Crippen LogP contribution in [-0.4, -0.2) is 30.4 Å². The Morgan fingerprint density at radius 2 is 2.00 bits per heavy atom. The molecule has 1 aromatic rings. The van der Waals surface area contributed by atoms with Gasteiger partial charge in [0.05, 0.1) is 19.3 Å². The third-order valence-corrected chi connectivity index (χ3v) is 4.14. The molecule has 0 heterocycles. The van der Waals surface area contributed by atoms with Crippen molar-refractivity contribution in [3.05, 3.63) is 34.9 Å². The highest BCUT2D eigenvalue weighted by molar-refractivity contribution is 6.31. The van der Waals surface area contributed by atoms with Gasteiger partial charge < -0.3 is 15.2 Å². The van der Waals surface area contributed by atoms with Crippen LogP contribution in [-0.2, 0) is 11.3 Å². The number of aliphatic hydroxyl groups is 1. The summed E-state index contributed by atoms with van der Waals surface area (Å²) in [6, 6.07) is 8.19. The van der Waals surface area contributed by atoms with Crippen LogP contribution in [0.3, 0.4) is 0 Å². The molecule has 0 spiro atoms. The van der Waals surface area contributed by atoms with E-state index in [0.29, 0.717) is 30.8 Å². The Hall–Kier alpha value is -0.610. The summed E-state index contributed by atoms with van der Waals surface area (Å²) >= 11 is 6.05. The molecule has 20 heavy (non-hydrogen) atoms. The molecule has 1 unspecified atom stereocenters. The molecule has 2 rings (SSSR count). The lowest BCUT2D eigenvalue weighted by molar-refractivity contribution is 0.0270. The molecule has 0 aliphatic heterocycles. The second-order valence-corrected chi connectivity index (χ2v) is 5.91. The SMILES string of the molecule is OC(CNC1CCCCC1)COCc1ccccc1Cl.